The summed E-state index contributed by atoms with van der Waals surface area (Å²) in [6.07, 6.45) is 7.17. The van der Waals surface area contributed by atoms with E-state index in [0.717, 1.165) is 23.3 Å². The molecule has 3 amide bonds. The maximum atomic E-state index is 13.4. The normalized spacial score (nSPS) is 19.7. The van der Waals surface area contributed by atoms with Gasteiger partial charge in [0.2, 0.25) is 0 Å². The summed E-state index contributed by atoms with van der Waals surface area (Å²) in [7, 11) is 0. The van der Waals surface area contributed by atoms with Gasteiger partial charge in [0.15, 0.2) is 0 Å². The number of pyridine rings is 1. The number of urea groups is 1. The molecule has 2 aromatic heterocycles. The third-order valence-corrected chi connectivity index (χ3v) is 5.34. The van der Waals surface area contributed by atoms with Crippen molar-refractivity contribution in [1.29, 1.82) is 0 Å². The zero-order valence-corrected chi connectivity index (χ0v) is 15.1. The summed E-state index contributed by atoms with van der Waals surface area (Å²) in [5, 5.41) is 5.60. The number of aromatic nitrogens is 2. The van der Waals surface area contributed by atoms with Crippen LogP contribution < -0.4 is 10.6 Å². The third-order valence-electron chi connectivity index (χ3n) is 4.58. The molecule has 2 aliphatic rings. The molecule has 26 heavy (non-hydrogen) atoms. The average Bonchev–Trinajstić information content (AvgIpc) is 3.35. The minimum atomic E-state index is -0.507. The van der Waals surface area contributed by atoms with E-state index < -0.39 is 6.04 Å². The molecule has 1 fully saturated rings. The van der Waals surface area contributed by atoms with E-state index in [1.807, 2.05) is 11.0 Å². The molecule has 134 valence electrons. The first-order valence-electron chi connectivity index (χ1n) is 8.50. The van der Waals surface area contributed by atoms with Gasteiger partial charge in [-0.1, -0.05) is 6.07 Å². The van der Waals surface area contributed by atoms with Gasteiger partial charge >= 0.3 is 6.03 Å². The number of thiazole rings is 1. The lowest BCUT2D eigenvalue weighted by atomic mass is 9.95. The van der Waals surface area contributed by atoms with Crippen LogP contribution in [0.1, 0.15) is 36.2 Å². The van der Waals surface area contributed by atoms with Gasteiger partial charge < -0.3 is 15.5 Å². The minimum Gasteiger partial charge on any atom is -0.331 e. The molecule has 0 aromatic carbocycles. The first-order chi connectivity index (χ1) is 12.6. The first kappa shape index (κ1) is 16.7. The molecule has 7 nitrogen and oxygen atoms in total. The molecule has 0 radical (unpaired) electrons. The van der Waals surface area contributed by atoms with E-state index in [2.05, 4.69) is 20.6 Å². The van der Waals surface area contributed by atoms with Crippen LogP contribution in [0, 0.1) is 0 Å². The van der Waals surface area contributed by atoms with Crippen molar-refractivity contribution >= 4 is 23.3 Å². The van der Waals surface area contributed by atoms with E-state index in [1.54, 1.807) is 48.4 Å². The Balaban J connectivity index is 1.68. The van der Waals surface area contributed by atoms with Crippen molar-refractivity contribution in [3.8, 4) is 0 Å². The lowest BCUT2D eigenvalue weighted by Gasteiger charge is -2.32. The Morgan fingerprint density at radius 3 is 2.85 bits per heavy atom. The molecule has 0 unspecified atom stereocenters. The smallest absolute Gasteiger partial charge is 0.319 e. The van der Waals surface area contributed by atoms with E-state index >= 15 is 0 Å². The summed E-state index contributed by atoms with van der Waals surface area (Å²) < 4.78 is 0. The predicted molar refractivity (Wildman–Crippen MR) is 97.0 cm³/mol. The van der Waals surface area contributed by atoms with Gasteiger partial charge in [0.05, 0.1) is 23.7 Å². The number of carbonyl (C=O) groups is 2. The number of allylic oxidation sites excluding steroid dienone is 1. The van der Waals surface area contributed by atoms with Gasteiger partial charge in [0, 0.05) is 35.2 Å². The Kier molecular flexibility index (Phi) is 4.42. The Hall–Kier alpha value is -2.74. The Morgan fingerprint density at radius 1 is 1.35 bits per heavy atom. The van der Waals surface area contributed by atoms with Gasteiger partial charge in [-0.25, -0.2) is 4.79 Å². The molecule has 0 spiro atoms. The molecule has 1 aliphatic carbocycles. The summed E-state index contributed by atoms with van der Waals surface area (Å²) in [6.45, 7) is 2.31. The summed E-state index contributed by atoms with van der Waals surface area (Å²) in [4.78, 5) is 36.6. The Labute approximate surface area is 155 Å². The quantitative estimate of drug-likeness (QED) is 0.847. The lowest BCUT2D eigenvalue weighted by Crippen LogP contribution is -2.48. The summed E-state index contributed by atoms with van der Waals surface area (Å²) in [5.74, 6) is -0.0558. The maximum absolute atomic E-state index is 13.4. The second kappa shape index (κ2) is 6.87. The van der Waals surface area contributed by atoms with Crippen molar-refractivity contribution in [3.63, 3.8) is 0 Å². The van der Waals surface area contributed by atoms with Crippen LogP contribution in [0.15, 0.2) is 47.5 Å². The minimum absolute atomic E-state index is 0.0558. The monoisotopic (exact) mass is 369 g/mol. The van der Waals surface area contributed by atoms with E-state index in [-0.39, 0.29) is 18.0 Å². The number of amides is 3. The van der Waals surface area contributed by atoms with E-state index in [4.69, 9.17) is 0 Å². The van der Waals surface area contributed by atoms with Crippen LogP contribution in [0.25, 0.3) is 0 Å². The van der Waals surface area contributed by atoms with Crippen LogP contribution in [0.2, 0.25) is 0 Å². The largest absolute Gasteiger partial charge is 0.331 e. The molecule has 2 aromatic rings. The standard InChI is InChI=1S/C18H19N5O2S/c1-11-15(16(22-18(25)21-11)12-3-2-6-19-7-12)17(24)23(13-4-5-13)9-14-8-20-10-26-14/h2-3,6-8,10,13,16H,4-5,9H2,1H3,(H2,21,22,25)/t16-/m0/s1. The molecule has 0 bridgehead atoms. The molecular weight excluding hydrogens is 350 g/mol. The second-order valence-electron chi connectivity index (χ2n) is 6.49. The molecule has 0 saturated heterocycles. The molecule has 1 aliphatic heterocycles. The zero-order chi connectivity index (χ0) is 18.1. The van der Waals surface area contributed by atoms with Crippen LogP contribution in [0.3, 0.4) is 0 Å². The fraction of sp³-hybridized carbons (Fsp3) is 0.333. The number of hydrogen-bond donors (Lipinski definition) is 2. The van der Waals surface area contributed by atoms with Crippen molar-refractivity contribution in [2.24, 2.45) is 0 Å². The van der Waals surface area contributed by atoms with Gasteiger partial charge in [-0.2, -0.15) is 0 Å². The molecule has 4 rings (SSSR count). The summed E-state index contributed by atoms with van der Waals surface area (Å²) in [6, 6.07) is 3.10. The van der Waals surface area contributed by atoms with Gasteiger partial charge in [-0.05, 0) is 31.4 Å². The van der Waals surface area contributed by atoms with Crippen LogP contribution in [0.4, 0.5) is 4.79 Å². The van der Waals surface area contributed by atoms with Crippen LogP contribution in [-0.2, 0) is 11.3 Å². The summed E-state index contributed by atoms with van der Waals surface area (Å²) >= 11 is 1.54. The van der Waals surface area contributed by atoms with Gasteiger partial charge in [0.1, 0.15) is 0 Å². The van der Waals surface area contributed by atoms with Gasteiger partial charge in [0.25, 0.3) is 5.91 Å². The fourth-order valence-electron chi connectivity index (χ4n) is 3.17. The zero-order valence-electron chi connectivity index (χ0n) is 14.3. The first-order valence-corrected chi connectivity index (χ1v) is 9.38. The van der Waals surface area contributed by atoms with Gasteiger partial charge in [-0.3, -0.25) is 14.8 Å². The van der Waals surface area contributed by atoms with Crippen molar-refractivity contribution in [2.45, 2.75) is 38.4 Å². The van der Waals surface area contributed by atoms with Crippen molar-refractivity contribution in [3.05, 3.63) is 57.9 Å². The Bertz CT molecular complexity index is 846. The molecule has 8 heteroatoms. The number of rotatable bonds is 5. The van der Waals surface area contributed by atoms with E-state index in [1.165, 1.54) is 0 Å². The highest BCUT2D eigenvalue weighted by Gasteiger charge is 2.39. The predicted octanol–water partition coefficient (Wildman–Crippen LogP) is 2.36. The number of carbonyl (C=O) groups excluding carboxylic acids is 2. The van der Waals surface area contributed by atoms with Crippen molar-refractivity contribution < 1.29 is 9.59 Å². The van der Waals surface area contributed by atoms with Crippen LogP contribution in [0.5, 0.6) is 0 Å². The number of nitrogens with zero attached hydrogens (tertiary/aromatic N) is 3. The molecule has 1 atom stereocenters. The maximum Gasteiger partial charge on any atom is 0.319 e. The highest BCUT2D eigenvalue weighted by Crippen LogP contribution is 2.34. The highest BCUT2D eigenvalue weighted by atomic mass is 32.1. The third kappa shape index (κ3) is 3.32. The van der Waals surface area contributed by atoms with E-state index in [0.29, 0.717) is 17.8 Å². The van der Waals surface area contributed by atoms with Crippen molar-refractivity contribution in [2.75, 3.05) is 0 Å². The molecular formula is C18H19N5O2S. The molecule has 2 N–H and O–H groups in total. The van der Waals surface area contributed by atoms with Crippen molar-refractivity contribution in [1.82, 2.24) is 25.5 Å². The molecule has 3 heterocycles. The average molecular weight is 369 g/mol. The highest BCUT2D eigenvalue weighted by molar-refractivity contribution is 7.09. The Morgan fingerprint density at radius 2 is 2.19 bits per heavy atom. The summed E-state index contributed by atoms with van der Waals surface area (Å²) in [5.41, 5.74) is 3.71. The molecule has 1 saturated carbocycles. The SMILES string of the molecule is CC1=C(C(=O)N(Cc2cncs2)C2CC2)[C@H](c2cccnc2)NC(=O)N1. The number of hydrogen-bond acceptors (Lipinski definition) is 5. The van der Waals surface area contributed by atoms with Gasteiger partial charge in [-0.15, -0.1) is 11.3 Å². The fourth-order valence-corrected chi connectivity index (χ4v) is 3.76. The number of nitrogens with one attached hydrogen (secondary N) is 2. The van der Waals surface area contributed by atoms with Crippen LogP contribution >= 0.6 is 11.3 Å². The second-order valence-corrected chi connectivity index (χ2v) is 7.46. The van der Waals surface area contributed by atoms with E-state index in [9.17, 15) is 9.59 Å². The topological polar surface area (TPSA) is 87.2 Å². The lowest BCUT2D eigenvalue weighted by molar-refractivity contribution is -0.128. The van der Waals surface area contributed by atoms with Crippen LogP contribution in [-0.4, -0.2) is 32.8 Å².